The molecule has 134 valence electrons. The smallest absolute Gasteiger partial charge is 0.435 e. The molecule has 0 heterocycles. The second-order valence-corrected chi connectivity index (χ2v) is 6.62. The summed E-state index contributed by atoms with van der Waals surface area (Å²) >= 11 is 0. The normalized spacial score (nSPS) is 12.7. The number of hydrogen-bond acceptors (Lipinski definition) is 7. The van der Waals surface area contributed by atoms with Crippen LogP contribution in [-0.4, -0.2) is 48.9 Å². The van der Waals surface area contributed by atoms with E-state index < -0.39 is 23.4 Å². The number of amides is 2. The highest BCUT2D eigenvalue weighted by molar-refractivity contribution is 6.01. The zero-order chi connectivity index (χ0) is 18.1. The van der Waals surface area contributed by atoms with Crippen molar-refractivity contribution in [3.8, 4) is 0 Å². The maximum Gasteiger partial charge on any atom is 0.435 e. The van der Waals surface area contributed by atoms with Gasteiger partial charge in [0.1, 0.15) is 17.0 Å². The predicted octanol–water partition coefficient (Wildman–Crippen LogP) is 1.32. The number of nitrogens with zero attached hydrogens (tertiary/aromatic N) is 1. The molecule has 0 aliphatic rings. The number of ether oxygens (including phenoxy) is 2. The van der Waals surface area contributed by atoms with Crippen molar-refractivity contribution < 1.29 is 23.9 Å². The monoisotopic (exact) mass is 332 g/mol. The van der Waals surface area contributed by atoms with Crippen LogP contribution in [0.2, 0.25) is 0 Å². The molecule has 23 heavy (non-hydrogen) atoms. The second kappa shape index (κ2) is 9.43. The Balaban J connectivity index is 4.79. The van der Waals surface area contributed by atoms with E-state index in [1.807, 2.05) is 0 Å². The van der Waals surface area contributed by atoms with Crippen LogP contribution in [-0.2, 0) is 14.3 Å². The fourth-order valence-electron chi connectivity index (χ4n) is 1.18. The molecule has 0 rings (SSSR count). The summed E-state index contributed by atoms with van der Waals surface area (Å²) < 4.78 is 10.2. The van der Waals surface area contributed by atoms with Crippen molar-refractivity contribution in [2.24, 2.45) is 10.7 Å². The molecular weight excluding hydrogens is 304 g/mol. The van der Waals surface area contributed by atoms with E-state index >= 15 is 0 Å². The Hall–Kier alpha value is -1.71. The fraction of sp³-hybridized carbons (Fsp3) is 0.786. The average molecular weight is 332 g/mol. The molecule has 0 bridgehead atoms. The summed E-state index contributed by atoms with van der Waals surface area (Å²) in [6, 6.07) is 0. The van der Waals surface area contributed by atoms with E-state index in [0.717, 1.165) is 0 Å². The zero-order valence-corrected chi connectivity index (χ0v) is 14.7. The molecule has 2 amide bonds. The number of rotatable bonds is 5. The molecule has 9 heteroatoms. The van der Waals surface area contributed by atoms with Crippen LogP contribution in [0.25, 0.3) is 0 Å². The molecule has 0 aromatic rings. The molecule has 0 atom stereocenters. The SMILES string of the molecule is CC(C)(C)OC(=O)/N=C(\CNOCCN)NC(=O)OC(C)(C)C. The van der Waals surface area contributed by atoms with Crippen LogP contribution in [0, 0.1) is 0 Å². The van der Waals surface area contributed by atoms with E-state index in [9.17, 15) is 9.59 Å². The van der Waals surface area contributed by atoms with Crippen molar-refractivity contribution in [3.63, 3.8) is 0 Å². The lowest BCUT2D eigenvalue weighted by Crippen LogP contribution is -2.42. The van der Waals surface area contributed by atoms with Crippen molar-refractivity contribution in [2.75, 3.05) is 19.7 Å². The molecular formula is C14H28N4O5. The van der Waals surface area contributed by atoms with Crippen LogP contribution < -0.4 is 16.5 Å². The first-order valence-corrected chi connectivity index (χ1v) is 7.28. The molecule has 0 aromatic heterocycles. The molecule has 0 fully saturated rings. The second-order valence-electron chi connectivity index (χ2n) is 6.62. The van der Waals surface area contributed by atoms with Gasteiger partial charge < -0.3 is 20.0 Å². The van der Waals surface area contributed by atoms with Crippen molar-refractivity contribution in [2.45, 2.75) is 52.7 Å². The number of amidine groups is 1. The molecule has 0 radical (unpaired) electrons. The largest absolute Gasteiger partial charge is 0.444 e. The van der Waals surface area contributed by atoms with Gasteiger partial charge >= 0.3 is 12.2 Å². The van der Waals surface area contributed by atoms with Gasteiger partial charge in [-0.1, -0.05) is 0 Å². The summed E-state index contributed by atoms with van der Waals surface area (Å²) in [6.45, 7) is 10.9. The quantitative estimate of drug-likeness (QED) is 0.300. The molecule has 0 aliphatic heterocycles. The van der Waals surface area contributed by atoms with Crippen LogP contribution in [0.5, 0.6) is 0 Å². The first-order chi connectivity index (χ1) is 10.4. The average Bonchev–Trinajstić information content (AvgIpc) is 2.29. The molecule has 0 unspecified atom stereocenters. The lowest BCUT2D eigenvalue weighted by molar-refractivity contribution is 0.0517. The molecule has 0 spiro atoms. The summed E-state index contributed by atoms with van der Waals surface area (Å²) in [5.74, 6) is 0.00511. The fourth-order valence-corrected chi connectivity index (χ4v) is 1.18. The summed E-state index contributed by atoms with van der Waals surface area (Å²) in [7, 11) is 0. The Morgan fingerprint density at radius 1 is 1.04 bits per heavy atom. The van der Waals surface area contributed by atoms with E-state index in [2.05, 4.69) is 15.8 Å². The van der Waals surface area contributed by atoms with Crippen LogP contribution in [0.1, 0.15) is 41.5 Å². The molecule has 4 N–H and O–H groups in total. The van der Waals surface area contributed by atoms with Gasteiger partial charge in [0.05, 0.1) is 13.2 Å². The van der Waals surface area contributed by atoms with Gasteiger partial charge in [-0.3, -0.25) is 5.32 Å². The van der Waals surface area contributed by atoms with Crippen LogP contribution in [0.4, 0.5) is 9.59 Å². The number of nitrogens with one attached hydrogen (secondary N) is 2. The Kier molecular flexibility index (Phi) is 8.73. The standard InChI is InChI=1S/C14H28N4O5/c1-13(2,3)22-11(19)17-10(9-16-21-8-7-15)18-12(20)23-14(4,5)6/h16H,7-9,15H2,1-6H3,(H,17,18,19,20). The zero-order valence-electron chi connectivity index (χ0n) is 14.7. The molecule has 9 nitrogen and oxygen atoms in total. The van der Waals surface area contributed by atoms with E-state index in [0.29, 0.717) is 6.54 Å². The number of aliphatic imine (C=N–C) groups is 1. The molecule has 0 saturated carbocycles. The third-order valence-electron chi connectivity index (χ3n) is 1.83. The van der Waals surface area contributed by atoms with Gasteiger partial charge in [-0.2, -0.15) is 10.5 Å². The highest BCUT2D eigenvalue weighted by Gasteiger charge is 2.20. The summed E-state index contributed by atoms with van der Waals surface area (Å²) in [5.41, 5.74) is 6.45. The van der Waals surface area contributed by atoms with Gasteiger partial charge in [-0.25, -0.2) is 9.59 Å². The van der Waals surface area contributed by atoms with Gasteiger partial charge in [-0.05, 0) is 41.5 Å². The Morgan fingerprint density at radius 2 is 1.61 bits per heavy atom. The van der Waals surface area contributed by atoms with E-state index in [4.69, 9.17) is 20.0 Å². The number of hydrogen-bond donors (Lipinski definition) is 3. The van der Waals surface area contributed by atoms with E-state index in [1.165, 1.54) is 0 Å². The van der Waals surface area contributed by atoms with Gasteiger partial charge in [0.15, 0.2) is 0 Å². The van der Waals surface area contributed by atoms with Gasteiger partial charge in [0, 0.05) is 6.54 Å². The molecule has 0 aliphatic carbocycles. The Morgan fingerprint density at radius 3 is 2.09 bits per heavy atom. The van der Waals surface area contributed by atoms with E-state index in [1.54, 1.807) is 41.5 Å². The Bertz CT molecular complexity index is 424. The Labute approximate surface area is 136 Å². The number of alkyl carbamates (subject to hydrolysis) is 1. The predicted molar refractivity (Wildman–Crippen MR) is 86.0 cm³/mol. The van der Waals surface area contributed by atoms with Crippen molar-refractivity contribution in [3.05, 3.63) is 0 Å². The highest BCUT2D eigenvalue weighted by atomic mass is 16.6. The van der Waals surface area contributed by atoms with Crippen molar-refractivity contribution >= 4 is 18.0 Å². The van der Waals surface area contributed by atoms with Crippen LogP contribution in [0.15, 0.2) is 4.99 Å². The van der Waals surface area contributed by atoms with E-state index in [-0.39, 0.29) is 19.0 Å². The number of hydroxylamine groups is 1. The number of carbonyl (C=O) groups excluding carboxylic acids is 2. The molecule has 0 aromatic carbocycles. The van der Waals surface area contributed by atoms with Gasteiger partial charge in [0.2, 0.25) is 0 Å². The van der Waals surface area contributed by atoms with Crippen LogP contribution >= 0.6 is 0 Å². The summed E-state index contributed by atoms with van der Waals surface area (Å²) in [4.78, 5) is 32.2. The van der Waals surface area contributed by atoms with Gasteiger partial charge in [0.25, 0.3) is 0 Å². The minimum atomic E-state index is -0.829. The third-order valence-corrected chi connectivity index (χ3v) is 1.83. The maximum absolute atomic E-state index is 11.8. The minimum Gasteiger partial charge on any atom is -0.444 e. The summed E-state index contributed by atoms with van der Waals surface area (Å²) in [5, 5.41) is 2.38. The summed E-state index contributed by atoms with van der Waals surface area (Å²) in [6.07, 6.45) is -1.57. The van der Waals surface area contributed by atoms with Crippen molar-refractivity contribution in [1.82, 2.24) is 10.8 Å². The molecule has 0 saturated heterocycles. The lowest BCUT2D eigenvalue weighted by Gasteiger charge is -2.20. The topological polar surface area (TPSA) is 124 Å². The first kappa shape index (κ1) is 21.3. The van der Waals surface area contributed by atoms with Crippen molar-refractivity contribution in [1.29, 1.82) is 0 Å². The maximum atomic E-state index is 11.8. The first-order valence-electron chi connectivity index (χ1n) is 7.28. The van der Waals surface area contributed by atoms with Crippen LogP contribution in [0.3, 0.4) is 0 Å². The third kappa shape index (κ3) is 13.7. The minimum absolute atomic E-state index is 0.00511. The highest BCUT2D eigenvalue weighted by Crippen LogP contribution is 2.08. The number of carbonyl (C=O) groups is 2. The lowest BCUT2D eigenvalue weighted by atomic mass is 10.2. The number of nitrogens with two attached hydrogens (primary N) is 1. The van der Waals surface area contributed by atoms with Gasteiger partial charge in [-0.15, -0.1) is 0 Å².